The van der Waals surface area contributed by atoms with Crippen LogP contribution in [-0.4, -0.2) is 54.3 Å². The molecule has 0 aliphatic carbocycles. The molecule has 0 radical (unpaired) electrons. The van der Waals surface area contributed by atoms with Gasteiger partial charge in [0, 0.05) is 12.4 Å². The van der Waals surface area contributed by atoms with Gasteiger partial charge in [-0.15, -0.1) is 16.6 Å². The lowest BCUT2D eigenvalue weighted by Crippen LogP contribution is -2.37. The van der Waals surface area contributed by atoms with Crippen molar-refractivity contribution in [3.63, 3.8) is 0 Å². The summed E-state index contributed by atoms with van der Waals surface area (Å²) in [5.74, 6) is -0.214. The fourth-order valence-corrected chi connectivity index (χ4v) is 1.42. The maximum atomic E-state index is 12.5. The molecule has 0 spiro atoms. The predicted molar refractivity (Wildman–Crippen MR) is 61.9 cm³/mol. The van der Waals surface area contributed by atoms with E-state index in [1.54, 1.807) is 0 Å². The number of ether oxygens (including phenoxy) is 2. The summed E-state index contributed by atoms with van der Waals surface area (Å²) in [5, 5.41) is 0. The Bertz CT molecular complexity index is 397. The van der Waals surface area contributed by atoms with E-state index in [4.69, 9.17) is 21.1 Å². The number of rotatable bonds is 6. The average molecular weight is 301 g/mol. The van der Waals surface area contributed by atoms with Gasteiger partial charge in [0.1, 0.15) is 6.54 Å². The third-order valence-electron chi connectivity index (χ3n) is 1.96. The van der Waals surface area contributed by atoms with Crippen LogP contribution in [0.2, 0.25) is 0 Å². The summed E-state index contributed by atoms with van der Waals surface area (Å²) in [4.78, 5) is 12.1. The van der Waals surface area contributed by atoms with Gasteiger partial charge in [0.15, 0.2) is 0 Å². The Labute approximate surface area is 112 Å². The lowest BCUT2D eigenvalue weighted by Gasteiger charge is -2.23. The van der Waals surface area contributed by atoms with Crippen molar-refractivity contribution in [3.05, 3.63) is 0 Å². The van der Waals surface area contributed by atoms with Crippen LogP contribution in [-0.2, 0) is 0 Å². The normalized spacial score (nSPS) is 11.3. The second-order valence-corrected chi connectivity index (χ2v) is 3.71. The molecule has 0 fully saturated rings. The van der Waals surface area contributed by atoms with Crippen LogP contribution in [0.15, 0.2) is 0 Å². The van der Waals surface area contributed by atoms with Crippen LogP contribution >= 0.6 is 11.6 Å². The maximum absolute atomic E-state index is 12.5. The van der Waals surface area contributed by atoms with Gasteiger partial charge in [-0.05, 0) is 0 Å². The Hall–Kier alpha value is -1.51. The smallest absolute Gasteiger partial charge is 0.406 e. The summed E-state index contributed by atoms with van der Waals surface area (Å²) in [6.07, 6.45) is -4.40. The van der Waals surface area contributed by atoms with E-state index in [-0.39, 0.29) is 30.4 Å². The molecule has 0 N–H and O–H groups in total. The summed E-state index contributed by atoms with van der Waals surface area (Å²) >= 11 is 5.48. The molecular weight excluding hydrogens is 289 g/mol. The zero-order valence-electron chi connectivity index (χ0n) is 10.2. The molecule has 6 nitrogen and oxygen atoms in total. The minimum Gasteiger partial charge on any atom is -0.467 e. The van der Waals surface area contributed by atoms with Gasteiger partial charge in [0.2, 0.25) is 5.95 Å². The van der Waals surface area contributed by atoms with Gasteiger partial charge in [0.05, 0.1) is 14.2 Å². The minimum atomic E-state index is -4.40. The Balaban J connectivity index is 3.06. The molecule has 0 saturated heterocycles. The van der Waals surface area contributed by atoms with Crippen molar-refractivity contribution in [2.24, 2.45) is 0 Å². The minimum absolute atomic E-state index is 0.00755. The summed E-state index contributed by atoms with van der Waals surface area (Å²) in [7, 11) is 2.57. The molecule has 0 aromatic carbocycles. The van der Waals surface area contributed by atoms with Gasteiger partial charge in [-0.3, -0.25) is 0 Å². The van der Waals surface area contributed by atoms with Crippen molar-refractivity contribution in [1.82, 2.24) is 15.0 Å². The third kappa shape index (κ3) is 4.93. The molecule has 1 rings (SSSR count). The fourth-order valence-electron chi connectivity index (χ4n) is 1.22. The zero-order valence-corrected chi connectivity index (χ0v) is 11.0. The Kier molecular flexibility index (Phi) is 5.40. The molecule has 0 amide bonds. The van der Waals surface area contributed by atoms with E-state index in [1.807, 2.05) is 0 Å². The molecule has 1 heterocycles. The molecule has 0 aliphatic heterocycles. The largest absolute Gasteiger partial charge is 0.467 e. The summed E-state index contributed by atoms with van der Waals surface area (Å²) in [6.45, 7) is -1.30. The first kappa shape index (κ1) is 15.5. The second-order valence-electron chi connectivity index (χ2n) is 3.33. The second kappa shape index (κ2) is 6.60. The summed E-state index contributed by atoms with van der Waals surface area (Å²) in [5.41, 5.74) is 0. The number of methoxy groups -OCH3 is 2. The van der Waals surface area contributed by atoms with Crippen molar-refractivity contribution in [1.29, 1.82) is 0 Å². The summed E-state index contributed by atoms with van der Waals surface area (Å²) in [6, 6.07) is -0.271. The van der Waals surface area contributed by atoms with E-state index in [9.17, 15) is 13.2 Å². The fraction of sp³-hybridized carbons (Fsp3) is 0.667. The molecular formula is C9H12ClF3N4O2. The van der Waals surface area contributed by atoms with Gasteiger partial charge in [-0.2, -0.15) is 23.1 Å². The first-order valence-electron chi connectivity index (χ1n) is 5.11. The number of nitrogens with zero attached hydrogens (tertiary/aromatic N) is 4. The van der Waals surface area contributed by atoms with Crippen molar-refractivity contribution in [2.45, 2.75) is 6.18 Å². The molecule has 1 aromatic rings. The number of anilines is 1. The number of aromatic nitrogens is 3. The number of alkyl halides is 4. The van der Waals surface area contributed by atoms with Crippen molar-refractivity contribution in [3.8, 4) is 12.0 Å². The molecule has 1 aromatic heterocycles. The highest BCUT2D eigenvalue weighted by atomic mass is 35.5. The standard InChI is InChI=1S/C9H12ClF3N4O2/c1-18-7-14-6(15-8(16-7)19-2)17(4-3-10)5-9(11,12)13/h3-5H2,1-2H3. The molecule has 0 unspecified atom stereocenters. The van der Waals surface area contributed by atoms with E-state index in [0.29, 0.717) is 0 Å². The number of halogens is 4. The van der Waals surface area contributed by atoms with Crippen molar-refractivity contribution < 1.29 is 22.6 Å². The van der Waals surface area contributed by atoms with E-state index in [2.05, 4.69) is 15.0 Å². The summed E-state index contributed by atoms with van der Waals surface area (Å²) < 4.78 is 46.9. The van der Waals surface area contributed by atoms with Crippen LogP contribution in [0.4, 0.5) is 19.1 Å². The molecule has 10 heteroatoms. The first-order chi connectivity index (χ1) is 8.89. The Morgan fingerprint density at radius 2 is 1.63 bits per heavy atom. The lowest BCUT2D eigenvalue weighted by molar-refractivity contribution is -0.119. The highest BCUT2D eigenvalue weighted by molar-refractivity contribution is 6.18. The SMILES string of the molecule is COc1nc(OC)nc(N(CCCl)CC(F)(F)F)n1. The zero-order chi connectivity index (χ0) is 14.5. The molecule has 0 atom stereocenters. The molecule has 0 bridgehead atoms. The quantitative estimate of drug-likeness (QED) is 0.742. The van der Waals surface area contributed by atoms with E-state index in [1.165, 1.54) is 14.2 Å². The first-order valence-corrected chi connectivity index (χ1v) is 5.64. The van der Waals surface area contributed by atoms with E-state index < -0.39 is 12.7 Å². The van der Waals surface area contributed by atoms with Gasteiger partial charge < -0.3 is 14.4 Å². The van der Waals surface area contributed by atoms with E-state index in [0.717, 1.165) is 4.90 Å². The van der Waals surface area contributed by atoms with Crippen LogP contribution in [0.3, 0.4) is 0 Å². The van der Waals surface area contributed by atoms with Crippen LogP contribution in [0, 0.1) is 0 Å². The van der Waals surface area contributed by atoms with Crippen molar-refractivity contribution in [2.75, 3.05) is 38.1 Å². The van der Waals surface area contributed by atoms with Crippen LogP contribution in [0.25, 0.3) is 0 Å². The van der Waals surface area contributed by atoms with Crippen LogP contribution in [0.5, 0.6) is 12.0 Å². The molecule has 0 aliphatic rings. The number of hydrogen-bond acceptors (Lipinski definition) is 6. The molecule has 19 heavy (non-hydrogen) atoms. The predicted octanol–water partition coefficient (Wildman–Crippen LogP) is 1.50. The van der Waals surface area contributed by atoms with Gasteiger partial charge in [-0.25, -0.2) is 0 Å². The topological polar surface area (TPSA) is 60.4 Å². The Morgan fingerprint density at radius 3 is 2.00 bits per heavy atom. The highest BCUT2D eigenvalue weighted by Gasteiger charge is 2.32. The van der Waals surface area contributed by atoms with E-state index >= 15 is 0 Å². The third-order valence-corrected chi connectivity index (χ3v) is 2.12. The lowest BCUT2D eigenvalue weighted by atomic mass is 10.5. The highest BCUT2D eigenvalue weighted by Crippen LogP contribution is 2.22. The number of hydrogen-bond donors (Lipinski definition) is 0. The molecule has 0 saturated carbocycles. The van der Waals surface area contributed by atoms with Gasteiger partial charge in [-0.1, -0.05) is 0 Å². The van der Waals surface area contributed by atoms with Gasteiger partial charge in [0.25, 0.3) is 0 Å². The maximum Gasteiger partial charge on any atom is 0.406 e. The average Bonchev–Trinajstić information content (AvgIpc) is 2.36. The van der Waals surface area contributed by atoms with Crippen LogP contribution < -0.4 is 14.4 Å². The monoisotopic (exact) mass is 300 g/mol. The Morgan fingerprint density at radius 1 is 1.11 bits per heavy atom. The van der Waals surface area contributed by atoms with Crippen LogP contribution in [0.1, 0.15) is 0 Å². The van der Waals surface area contributed by atoms with Gasteiger partial charge >= 0.3 is 18.2 Å². The molecule has 108 valence electrons. The van der Waals surface area contributed by atoms with Crippen molar-refractivity contribution >= 4 is 17.5 Å².